The highest BCUT2D eigenvalue weighted by Crippen LogP contribution is 2.51. The zero-order valence-electron chi connectivity index (χ0n) is 34.9. The van der Waals surface area contributed by atoms with Crippen LogP contribution in [0, 0.1) is 0 Å². The lowest BCUT2D eigenvalue weighted by Crippen LogP contribution is -2.28. The molecule has 0 amide bonds. The first-order valence-electron chi connectivity index (χ1n) is 22.0. The van der Waals surface area contributed by atoms with Crippen molar-refractivity contribution in [1.29, 1.82) is 0 Å². The molecule has 0 bridgehead atoms. The summed E-state index contributed by atoms with van der Waals surface area (Å²) in [6.07, 6.45) is 11.1. The molecule has 13 rings (SSSR count). The molecule has 2 aromatic heterocycles. The minimum atomic E-state index is 0.222. The Morgan fingerprint density at radius 1 is 0.438 bits per heavy atom. The fraction of sp³-hybridized carbons (Fsp3) is 0.0339. The van der Waals surface area contributed by atoms with Crippen molar-refractivity contribution in [1.82, 2.24) is 14.3 Å². The molecule has 0 N–H and O–H groups in total. The van der Waals surface area contributed by atoms with Gasteiger partial charge in [-0.3, -0.25) is 0 Å². The summed E-state index contributed by atoms with van der Waals surface area (Å²) >= 11 is 0. The molecule has 64 heavy (non-hydrogen) atoms. The van der Waals surface area contributed by atoms with Gasteiger partial charge in [0.1, 0.15) is 0 Å². The number of para-hydroxylation sites is 3. The SMILES string of the molecule is C1=CC2c3ccc4c(cnn4-c4ccc5c6ccccc6n(-c6ccc(-c7ccc(N(c8ccccc8)c8cccc9ccccc89)cc7)cc6)c5c4)c3N(c3ccccc3)C2C=C1. The molecule has 2 aliphatic rings. The van der Waals surface area contributed by atoms with E-state index in [4.69, 9.17) is 5.10 Å². The maximum absolute atomic E-state index is 5.10. The summed E-state index contributed by atoms with van der Waals surface area (Å²) in [5.41, 5.74) is 15.0. The fourth-order valence-corrected chi connectivity index (χ4v) is 10.4. The predicted octanol–water partition coefficient (Wildman–Crippen LogP) is 15.1. The Morgan fingerprint density at radius 2 is 1.09 bits per heavy atom. The molecule has 1 aliphatic heterocycles. The summed E-state index contributed by atoms with van der Waals surface area (Å²) < 4.78 is 4.51. The van der Waals surface area contributed by atoms with E-state index in [2.05, 4.69) is 256 Å². The van der Waals surface area contributed by atoms with Gasteiger partial charge in [-0.25, -0.2) is 4.68 Å². The van der Waals surface area contributed by atoms with Gasteiger partial charge in [-0.15, -0.1) is 0 Å². The van der Waals surface area contributed by atoms with Gasteiger partial charge in [-0.05, 0) is 101 Å². The Bertz CT molecular complexity index is 3610. The van der Waals surface area contributed by atoms with Crippen LogP contribution in [0.3, 0.4) is 0 Å². The molecule has 5 heteroatoms. The molecule has 0 saturated heterocycles. The number of hydrogen-bond acceptors (Lipinski definition) is 3. The highest BCUT2D eigenvalue weighted by atomic mass is 15.3. The van der Waals surface area contributed by atoms with Gasteiger partial charge in [0.25, 0.3) is 0 Å². The molecule has 9 aromatic carbocycles. The van der Waals surface area contributed by atoms with Crippen LogP contribution in [0.5, 0.6) is 0 Å². The van der Waals surface area contributed by atoms with Crippen molar-refractivity contribution in [3.8, 4) is 22.5 Å². The smallest absolute Gasteiger partial charge is 0.0762 e. The van der Waals surface area contributed by atoms with Crippen LogP contribution in [0.25, 0.3) is 66.0 Å². The first-order chi connectivity index (χ1) is 31.8. The third kappa shape index (κ3) is 5.68. The molecule has 5 nitrogen and oxygen atoms in total. The van der Waals surface area contributed by atoms with Crippen LogP contribution in [0.1, 0.15) is 11.5 Å². The number of rotatable bonds is 7. The first kappa shape index (κ1) is 36.3. The van der Waals surface area contributed by atoms with Gasteiger partial charge in [0.05, 0.1) is 45.9 Å². The van der Waals surface area contributed by atoms with Gasteiger partial charge in [-0.1, -0.05) is 152 Å². The number of anilines is 5. The van der Waals surface area contributed by atoms with Crippen LogP contribution >= 0.6 is 0 Å². The lowest BCUT2D eigenvalue weighted by molar-refractivity contribution is 0.745. The first-order valence-corrected chi connectivity index (χ1v) is 22.0. The minimum Gasteiger partial charge on any atom is -0.333 e. The van der Waals surface area contributed by atoms with Gasteiger partial charge < -0.3 is 14.4 Å². The second-order valence-corrected chi connectivity index (χ2v) is 16.8. The number of fused-ring (bicyclic) bond motifs is 9. The molecule has 0 spiro atoms. The molecule has 1 aliphatic carbocycles. The molecule has 2 atom stereocenters. The summed E-state index contributed by atoms with van der Waals surface area (Å²) in [5, 5.41) is 11.1. The van der Waals surface area contributed by atoms with E-state index in [9.17, 15) is 0 Å². The van der Waals surface area contributed by atoms with Crippen LogP contribution in [0.2, 0.25) is 0 Å². The van der Waals surface area contributed by atoms with Crippen molar-refractivity contribution >= 4 is 71.9 Å². The van der Waals surface area contributed by atoms with Gasteiger partial charge in [-0.2, -0.15) is 5.10 Å². The van der Waals surface area contributed by atoms with Crippen LogP contribution in [0.4, 0.5) is 28.4 Å². The molecule has 11 aromatic rings. The van der Waals surface area contributed by atoms with E-state index in [1.54, 1.807) is 0 Å². The molecular weight excluding hydrogens is 779 g/mol. The van der Waals surface area contributed by atoms with Gasteiger partial charge in [0.2, 0.25) is 0 Å². The van der Waals surface area contributed by atoms with Crippen molar-refractivity contribution in [3.63, 3.8) is 0 Å². The monoisotopic (exact) mass is 819 g/mol. The second kappa shape index (κ2) is 14.6. The Balaban J connectivity index is 0.873. The van der Waals surface area contributed by atoms with Crippen molar-refractivity contribution in [2.24, 2.45) is 0 Å². The lowest BCUT2D eigenvalue weighted by atomic mass is 9.91. The van der Waals surface area contributed by atoms with E-state index in [0.29, 0.717) is 0 Å². The maximum atomic E-state index is 5.10. The third-order valence-corrected chi connectivity index (χ3v) is 13.3. The topological polar surface area (TPSA) is 29.2 Å². The average molecular weight is 820 g/mol. The van der Waals surface area contributed by atoms with Crippen LogP contribution in [0.15, 0.2) is 237 Å². The van der Waals surface area contributed by atoms with Crippen LogP contribution in [-0.4, -0.2) is 20.4 Å². The fourth-order valence-electron chi connectivity index (χ4n) is 10.4. The number of allylic oxidation sites excluding steroid dienone is 2. The predicted molar refractivity (Wildman–Crippen MR) is 266 cm³/mol. The second-order valence-electron chi connectivity index (χ2n) is 16.8. The molecule has 0 radical (unpaired) electrons. The molecule has 0 saturated carbocycles. The van der Waals surface area contributed by atoms with E-state index >= 15 is 0 Å². The Hall–Kier alpha value is -8.41. The number of benzene rings is 9. The number of hydrogen-bond donors (Lipinski definition) is 0. The standard InChI is InChI=1S/C59H41N5/c1-3-16-43(17-4-1)61(54-25-13-15-42-14-7-8-20-48(42)54)45-30-26-40(27-31-45)41-28-32-46(33-29-41)62-55-23-11-9-21-49(55)51-35-34-47(38-58(51)62)64-57-37-36-52-50-22-10-12-24-56(50)63(44-18-5-2-6-19-44)59(52)53(57)39-60-64/h1-39,50,56H. The zero-order valence-corrected chi connectivity index (χ0v) is 34.9. The molecule has 0 fully saturated rings. The van der Waals surface area contributed by atoms with Crippen molar-refractivity contribution < 1.29 is 0 Å². The van der Waals surface area contributed by atoms with Crippen molar-refractivity contribution in [2.45, 2.75) is 12.0 Å². The average Bonchev–Trinajstić information content (AvgIpc) is 4.05. The molecule has 302 valence electrons. The van der Waals surface area contributed by atoms with E-state index in [-0.39, 0.29) is 12.0 Å². The van der Waals surface area contributed by atoms with Gasteiger partial charge in [0.15, 0.2) is 0 Å². The Morgan fingerprint density at radius 3 is 1.92 bits per heavy atom. The number of aromatic nitrogens is 3. The van der Waals surface area contributed by atoms with E-state index < -0.39 is 0 Å². The normalized spacial score (nSPS) is 15.3. The molecule has 2 unspecified atom stereocenters. The van der Waals surface area contributed by atoms with Crippen LogP contribution < -0.4 is 9.80 Å². The number of nitrogens with zero attached hydrogens (tertiary/aromatic N) is 5. The lowest BCUT2D eigenvalue weighted by Gasteiger charge is -2.28. The van der Waals surface area contributed by atoms with E-state index in [1.807, 2.05) is 0 Å². The summed E-state index contributed by atoms with van der Waals surface area (Å²) in [6.45, 7) is 0. The van der Waals surface area contributed by atoms with E-state index in [1.165, 1.54) is 55.1 Å². The van der Waals surface area contributed by atoms with Crippen LogP contribution in [-0.2, 0) is 0 Å². The van der Waals surface area contributed by atoms with Crippen molar-refractivity contribution in [2.75, 3.05) is 9.80 Å². The quantitative estimate of drug-likeness (QED) is 0.160. The van der Waals surface area contributed by atoms with Crippen molar-refractivity contribution in [3.05, 3.63) is 242 Å². The van der Waals surface area contributed by atoms with Gasteiger partial charge in [0, 0.05) is 50.2 Å². The highest BCUT2D eigenvalue weighted by Gasteiger charge is 2.39. The van der Waals surface area contributed by atoms with Gasteiger partial charge >= 0.3 is 0 Å². The highest BCUT2D eigenvalue weighted by molar-refractivity contribution is 6.10. The van der Waals surface area contributed by atoms with E-state index in [0.717, 1.165) is 44.9 Å². The zero-order chi connectivity index (χ0) is 42.1. The maximum Gasteiger partial charge on any atom is 0.0762 e. The molecular formula is C59H41N5. The molecule has 3 heterocycles. The Labute approximate surface area is 371 Å². The minimum absolute atomic E-state index is 0.222. The summed E-state index contributed by atoms with van der Waals surface area (Å²) in [7, 11) is 0. The Kier molecular flexibility index (Phi) is 8.28. The summed E-state index contributed by atoms with van der Waals surface area (Å²) in [4.78, 5) is 4.85. The summed E-state index contributed by atoms with van der Waals surface area (Å²) in [5.74, 6) is 0.288. The third-order valence-electron chi connectivity index (χ3n) is 13.3. The largest absolute Gasteiger partial charge is 0.333 e. The summed E-state index contributed by atoms with van der Waals surface area (Å²) in [6, 6.07) is 74.8.